The summed E-state index contributed by atoms with van der Waals surface area (Å²) in [4.78, 5) is 0. The molecule has 0 unspecified atom stereocenters. The lowest BCUT2D eigenvalue weighted by Crippen LogP contribution is -2.34. The molecule has 0 aliphatic carbocycles. The number of aromatic nitrogens is 4. The van der Waals surface area contributed by atoms with Crippen molar-refractivity contribution in [3.63, 3.8) is 0 Å². The Kier molecular flexibility index (Phi) is 4.61. The van der Waals surface area contributed by atoms with Crippen LogP contribution in [0.15, 0.2) is 42.5 Å². The van der Waals surface area contributed by atoms with Gasteiger partial charge in [-0.1, -0.05) is 18.5 Å². The van der Waals surface area contributed by atoms with Crippen LogP contribution >= 0.6 is 11.6 Å². The number of benzene rings is 2. The Morgan fingerprint density at radius 2 is 1.85 bits per heavy atom. The normalized spacial score (nSPS) is 15.2. The predicted molar refractivity (Wildman–Crippen MR) is 103 cm³/mol. The quantitative estimate of drug-likeness (QED) is 0.719. The molecule has 2 heterocycles. The monoisotopic (exact) mass is 385 g/mol. The van der Waals surface area contributed by atoms with Crippen LogP contribution in [-0.2, 0) is 5.54 Å². The number of fused-ring (bicyclic) bond motifs is 1. The first-order valence-electron chi connectivity index (χ1n) is 8.82. The van der Waals surface area contributed by atoms with Crippen molar-refractivity contribution in [2.75, 3.05) is 18.5 Å². The van der Waals surface area contributed by atoms with Crippen molar-refractivity contribution in [3.05, 3.63) is 53.3 Å². The Hall–Kier alpha value is -2.80. The standard InChI is InChI=1S/C19H20ClN5O2/c1-3-19(2,21-14-6-9-16-17(12-14)27-11-10-26-16)18-22-23-24-25(18)15-7-4-13(20)5-8-15/h4-9,12,21H,3,10-11H2,1-2H3/t19-/m1/s1. The van der Waals surface area contributed by atoms with E-state index in [1.807, 2.05) is 42.5 Å². The first kappa shape index (κ1) is 17.6. The van der Waals surface area contributed by atoms with E-state index in [1.165, 1.54) is 0 Å². The van der Waals surface area contributed by atoms with Gasteiger partial charge in [0.15, 0.2) is 17.3 Å². The Morgan fingerprint density at radius 3 is 2.59 bits per heavy atom. The molecule has 0 spiro atoms. The summed E-state index contributed by atoms with van der Waals surface area (Å²) in [5, 5.41) is 16.6. The zero-order chi connectivity index (χ0) is 18.9. The second kappa shape index (κ2) is 7.08. The van der Waals surface area contributed by atoms with Gasteiger partial charge in [0, 0.05) is 16.8 Å². The smallest absolute Gasteiger partial charge is 0.181 e. The third kappa shape index (κ3) is 3.42. The molecule has 140 valence electrons. The van der Waals surface area contributed by atoms with Crippen molar-refractivity contribution >= 4 is 17.3 Å². The molecule has 0 fully saturated rings. The molecule has 7 nitrogen and oxygen atoms in total. The molecule has 0 saturated carbocycles. The van der Waals surface area contributed by atoms with Crippen LogP contribution < -0.4 is 14.8 Å². The van der Waals surface area contributed by atoms with Gasteiger partial charge < -0.3 is 14.8 Å². The van der Waals surface area contributed by atoms with Gasteiger partial charge in [0.25, 0.3) is 0 Å². The molecule has 27 heavy (non-hydrogen) atoms. The third-order valence-electron chi connectivity index (χ3n) is 4.70. The Balaban J connectivity index is 1.67. The first-order chi connectivity index (χ1) is 13.1. The lowest BCUT2D eigenvalue weighted by molar-refractivity contribution is 0.171. The van der Waals surface area contributed by atoms with Crippen LogP contribution in [0.1, 0.15) is 26.1 Å². The predicted octanol–water partition coefficient (Wildman–Crippen LogP) is 3.82. The summed E-state index contributed by atoms with van der Waals surface area (Å²) in [6.45, 7) is 5.28. The number of halogens is 1. The molecule has 2 aromatic carbocycles. The summed E-state index contributed by atoms with van der Waals surface area (Å²) < 4.78 is 13.0. The molecule has 4 rings (SSSR count). The molecule has 0 saturated heterocycles. The van der Waals surface area contributed by atoms with Gasteiger partial charge in [-0.15, -0.1) is 5.10 Å². The lowest BCUT2D eigenvalue weighted by Gasteiger charge is -2.30. The van der Waals surface area contributed by atoms with Gasteiger partial charge in [-0.05, 0) is 60.2 Å². The van der Waals surface area contributed by atoms with Gasteiger partial charge in [-0.3, -0.25) is 0 Å². The van der Waals surface area contributed by atoms with Crippen molar-refractivity contribution < 1.29 is 9.47 Å². The Bertz CT molecular complexity index is 944. The van der Waals surface area contributed by atoms with Crippen LogP contribution in [0.4, 0.5) is 5.69 Å². The maximum atomic E-state index is 6.00. The topological polar surface area (TPSA) is 74.1 Å². The Labute approximate surface area is 162 Å². The van der Waals surface area contributed by atoms with Crippen LogP contribution in [0.5, 0.6) is 11.5 Å². The minimum Gasteiger partial charge on any atom is -0.486 e. The SMILES string of the molecule is CC[C@@](C)(Nc1ccc2c(c1)OCCO2)c1nnnn1-c1ccc(Cl)cc1. The fraction of sp³-hybridized carbons (Fsp3) is 0.316. The number of nitrogens with zero attached hydrogens (tertiary/aromatic N) is 4. The number of anilines is 1. The fourth-order valence-corrected chi connectivity index (χ4v) is 3.16. The molecule has 0 amide bonds. The lowest BCUT2D eigenvalue weighted by atomic mass is 9.97. The van der Waals surface area contributed by atoms with Crippen molar-refractivity contribution in [1.29, 1.82) is 0 Å². The van der Waals surface area contributed by atoms with E-state index in [1.54, 1.807) is 4.68 Å². The maximum absolute atomic E-state index is 6.00. The minimum absolute atomic E-state index is 0.493. The van der Waals surface area contributed by atoms with Crippen LogP contribution in [0.3, 0.4) is 0 Å². The highest BCUT2D eigenvalue weighted by atomic mass is 35.5. The Morgan fingerprint density at radius 1 is 1.11 bits per heavy atom. The van der Waals surface area contributed by atoms with Gasteiger partial charge in [-0.25, -0.2) is 0 Å². The van der Waals surface area contributed by atoms with Crippen molar-refractivity contribution in [1.82, 2.24) is 20.2 Å². The largest absolute Gasteiger partial charge is 0.486 e. The fourth-order valence-electron chi connectivity index (χ4n) is 3.03. The summed E-state index contributed by atoms with van der Waals surface area (Å²) in [6, 6.07) is 13.2. The van der Waals surface area contributed by atoms with Gasteiger partial charge in [0.1, 0.15) is 13.2 Å². The number of nitrogens with one attached hydrogen (secondary N) is 1. The molecule has 3 aromatic rings. The number of hydrogen-bond donors (Lipinski definition) is 1. The summed E-state index contributed by atoms with van der Waals surface area (Å²) >= 11 is 6.00. The molecule has 0 radical (unpaired) electrons. The number of ether oxygens (including phenoxy) is 2. The van der Waals surface area contributed by atoms with E-state index < -0.39 is 5.54 Å². The summed E-state index contributed by atoms with van der Waals surface area (Å²) in [5.41, 5.74) is 1.27. The number of tetrazole rings is 1. The molecule has 1 aliphatic heterocycles. The number of rotatable bonds is 5. The second-order valence-corrected chi connectivity index (χ2v) is 7.00. The maximum Gasteiger partial charge on any atom is 0.181 e. The molecule has 1 aliphatic rings. The van der Waals surface area contributed by atoms with Crippen LogP contribution in [-0.4, -0.2) is 33.4 Å². The zero-order valence-corrected chi connectivity index (χ0v) is 15.9. The van der Waals surface area contributed by atoms with E-state index in [2.05, 4.69) is 34.7 Å². The summed E-state index contributed by atoms with van der Waals surface area (Å²) in [7, 11) is 0. The minimum atomic E-state index is -0.493. The second-order valence-electron chi connectivity index (χ2n) is 6.56. The van der Waals surface area contributed by atoms with E-state index in [0.29, 0.717) is 24.1 Å². The molecular formula is C19H20ClN5O2. The van der Waals surface area contributed by atoms with Gasteiger partial charge in [-0.2, -0.15) is 4.68 Å². The molecule has 0 bridgehead atoms. The average Bonchev–Trinajstić information content (AvgIpc) is 3.19. The average molecular weight is 386 g/mol. The molecule has 1 atom stereocenters. The van der Waals surface area contributed by atoms with Crippen molar-refractivity contribution in [2.24, 2.45) is 0 Å². The van der Waals surface area contributed by atoms with Crippen molar-refractivity contribution in [2.45, 2.75) is 25.8 Å². The van der Waals surface area contributed by atoms with E-state index in [4.69, 9.17) is 21.1 Å². The highest BCUT2D eigenvalue weighted by Crippen LogP contribution is 2.36. The highest BCUT2D eigenvalue weighted by Gasteiger charge is 2.32. The number of hydrogen-bond acceptors (Lipinski definition) is 6. The van der Waals surface area contributed by atoms with Crippen LogP contribution in [0.25, 0.3) is 5.69 Å². The van der Waals surface area contributed by atoms with Crippen molar-refractivity contribution in [3.8, 4) is 17.2 Å². The highest BCUT2D eigenvalue weighted by molar-refractivity contribution is 6.30. The van der Waals surface area contributed by atoms with E-state index >= 15 is 0 Å². The van der Waals surface area contributed by atoms with Gasteiger partial charge in [0.05, 0.1) is 11.2 Å². The molecule has 8 heteroatoms. The molecular weight excluding hydrogens is 366 g/mol. The van der Waals surface area contributed by atoms with Gasteiger partial charge in [0.2, 0.25) is 0 Å². The van der Waals surface area contributed by atoms with Crippen LogP contribution in [0.2, 0.25) is 5.02 Å². The summed E-state index contributed by atoms with van der Waals surface area (Å²) in [5.74, 6) is 2.21. The third-order valence-corrected chi connectivity index (χ3v) is 4.96. The van der Waals surface area contributed by atoms with Crippen LogP contribution in [0, 0.1) is 0 Å². The summed E-state index contributed by atoms with van der Waals surface area (Å²) in [6.07, 6.45) is 0.773. The van der Waals surface area contributed by atoms with Gasteiger partial charge >= 0.3 is 0 Å². The molecule has 1 N–H and O–H groups in total. The first-order valence-corrected chi connectivity index (χ1v) is 9.19. The zero-order valence-electron chi connectivity index (χ0n) is 15.1. The molecule has 1 aromatic heterocycles. The van der Waals surface area contributed by atoms with E-state index in [9.17, 15) is 0 Å². The van der Waals surface area contributed by atoms with E-state index in [0.717, 1.165) is 29.3 Å². The van der Waals surface area contributed by atoms with E-state index in [-0.39, 0.29) is 0 Å².